The Hall–Kier alpha value is -3.80. The molecule has 0 aliphatic rings. The molecule has 0 aliphatic carbocycles. The molecule has 0 amide bonds. The Labute approximate surface area is 162 Å². The fraction of sp³-hybridized carbons (Fsp3) is 0.0909. The highest BCUT2D eigenvalue weighted by atomic mass is 16.5. The second kappa shape index (κ2) is 9.23. The Kier molecular flexibility index (Phi) is 6.25. The van der Waals surface area contributed by atoms with Crippen LogP contribution in [0.5, 0.6) is 23.0 Å². The first kappa shape index (κ1) is 19.0. The van der Waals surface area contributed by atoms with E-state index in [0.717, 1.165) is 22.7 Å². The number of rotatable bonds is 8. The lowest BCUT2D eigenvalue weighted by Gasteiger charge is -2.09. The van der Waals surface area contributed by atoms with Gasteiger partial charge in [0.25, 0.3) is 0 Å². The number of aliphatic imine (C=N–C) groups is 1. The number of carbonyl (C=O) groups is 1. The molecule has 0 atom stereocenters. The molecule has 1 N–H and O–H groups in total. The SMILES string of the molecule is COc1cc(C=Nc2ccc(Oc3ccccc3)cc2)ccc1OCC(=O)O. The molecule has 0 saturated carbocycles. The Morgan fingerprint density at radius 1 is 0.964 bits per heavy atom. The van der Waals surface area contributed by atoms with Gasteiger partial charge < -0.3 is 19.3 Å². The fourth-order valence-electron chi connectivity index (χ4n) is 2.40. The van der Waals surface area contributed by atoms with Crippen LogP contribution in [0.2, 0.25) is 0 Å². The van der Waals surface area contributed by atoms with E-state index in [0.29, 0.717) is 11.5 Å². The summed E-state index contributed by atoms with van der Waals surface area (Å²) in [5.74, 6) is 1.26. The minimum Gasteiger partial charge on any atom is -0.493 e. The first-order valence-corrected chi connectivity index (χ1v) is 8.54. The number of hydrogen-bond donors (Lipinski definition) is 1. The average Bonchev–Trinajstić information content (AvgIpc) is 2.72. The van der Waals surface area contributed by atoms with Gasteiger partial charge in [-0.1, -0.05) is 18.2 Å². The van der Waals surface area contributed by atoms with E-state index in [9.17, 15) is 4.79 Å². The molecule has 6 nitrogen and oxygen atoms in total. The third kappa shape index (κ3) is 5.35. The van der Waals surface area contributed by atoms with E-state index in [-0.39, 0.29) is 0 Å². The minimum absolute atomic E-state index is 0.365. The lowest BCUT2D eigenvalue weighted by molar-refractivity contribution is -0.139. The smallest absolute Gasteiger partial charge is 0.341 e. The van der Waals surface area contributed by atoms with Crippen molar-refractivity contribution in [3.05, 3.63) is 78.4 Å². The number of benzene rings is 3. The molecule has 28 heavy (non-hydrogen) atoms. The van der Waals surface area contributed by atoms with Crippen LogP contribution in [-0.4, -0.2) is 31.0 Å². The summed E-state index contributed by atoms with van der Waals surface area (Å²) in [4.78, 5) is 15.1. The maximum atomic E-state index is 10.6. The van der Waals surface area contributed by atoms with Crippen LogP contribution in [0, 0.1) is 0 Å². The number of hydrogen-bond acceptors (Lipinski definition) is 5. The van der Waals surface area contributed by atoms with Crippen LogP contribution in [0.25, 0.3) is 0 Å². The zero-order valence-electron chi connectivity index (χ0n) is 15.2. The van der Waals surface area contributed by atoms with Crippen molar-refractivity contribution in [3.8, 4) is 23.0 Å². The van der Waals surface area contributed by atoms with Crippen molar-refractivity contribution < 1.29 is 24.1 Å². The molecule has 0 fully saturated rings. The topological polar surface area (TPSA) is 77.3 Å². The number of carboxylic acid groups (broad SMARTS) is 1. The monoisotopic (exact) mass is 377 g/mol. The van der Waals surface area contributed by atoms with E-state index in [1.54, 1.807) is 24.4 Å². The predicted molar refractivity (Wildman–Crippen MR) is 106 cm³/mol. The number of para-hydroxylation sites is 1. The highest BCUT2D eigenvalue weighted by Crippen LogP contribution is 2.28. The van der Waals surface area contributed by atoms with Crippen molar-refractivity contribution in [1.29, 1.82) is 0 Å². The van der Waals surface area contributed by atoms with Crippen molar-refractivity contribution in [2.45, 2.75) is 0 Å². The van der Waals surface area contributed by atoms with Gasteiger partial charge >= 0.3 is 5.97 Å². The summed E-state index contributed by atoms with van der Waals surface area (Å²) < 4.78 is 16.2. The molecule has 0 saturated heterocycles. The standard InChI is InChI=1S/C22H19NO5/c1-26-21-13-16(7-12-20(21)27-15-22(24)25)14-23-17-8-10-19(11-9-17)28-18-5-3-2-4-6-18/h2-14H,15H2,1H3,(H,24,25). The van der Waals surface area contributed by atoms with Crippen molar-refractivity contribution in [2.24, 2.45) is 4.99 Å². The summed E-state index contributed by atoms with van der Waals surface area (Å²) in [5, 5.41) is 8.71. The third-order valence-corrected chi connectivity index (χ3v) is 3.72. The summed E-state index contributed by atoms with van der Waals surface area (Å²) in [6.07, 6.45) is 1.69. The third-order valence-electron chi connectivity index (χ3n) is 3.72. The van der Waals surface area contributed by atoms with Gasteiger partial charge in [-0.15, -0.1) is 0 Å². The number of aliphatic carboxylic acids is 1. The normalized spacial score (nSPS) is 10.6. The van der Waals surface area contributed by atoms with Crippen LogP contribution >= 0.6 is 0 Å². The molecule has 3 aromatic rings. The summed E-state index contributed by atoms with van der Waals surface area (Å²) in [5.41, 5.74) is 1.56. The van der Waals surface area contributed by atoms with Crippen LogP contribution < -0.4 is 14.2 Å². The molecule has 3 rings (SSSR count). The van der Waals surface area contributed by atoms with Crippen LogP contribution in [0.1, 0.15) is 5.56 Å². The highest BCUT2D eigenvalue weighted by molar-refractivity contribution is 5.83. The van der Waals surface area contributed by atoms with Gasteiger partial charge in [0.1, 0.15) is 11.5 Å². The van der Waals surface area contributed by atoms with Gasteiger partial charge in [0.15, 0.2) is 18.1 Å². The lowest BCUT2D eigenvalue weighted by atomic mass is 10.2. The molecular weight excluding hydrogens is 358 g/mol. The minimum atomic E-state index is -1.05. The fourth-order valence-corrected chi connectivity index (χ4v) is 2.40. The van der Waals surface area contributed by atoms with E-state index in [1.807, 2.05) is 54.6 Å². The zero-order chi connectivity index (χ0) is 19.8. The number of nitrogens with zero attached hydrogens (tertiary/aromatic N) is 1. The van der Waals surface area contributed by atoms with Gasteiger partial charge in [-0.3, -0.25) is 4.99 Å². The summed E-state index contributed by atoms with van der Waals surface area (Å²) in [6.45, 7) is -0.429. The first-order chi connectivity index (χ1) is 13.6. The van der Waals surface area contributed by atoms with Crippen LogP contribution in [0.15, 0.2) is 77.8 Å². The maximum absolute atomic E-state index is 10.6. The molecule has 0 aromatic heterocycles. The Morgan fingerprint density at radius 3 is 2.36 bits per heavy atom. The lowest BCUT2D eigenvalue weighted by Crippen LogP contribution is -2.10. The number of methoxy groups -OCH3 is 1. The molecular formula is C22H19NO5. The average molecular weight is 377 g/mol. The first-order valence-electron chi connectivity index (χ1n) is 8.54. The van der Waals surface area contributed by atoms with E-state index in [1.165, 1.54) is 7.11 Å². The van der Waals surface area contributed by atoms with Crippen molar-refractivity contribution in [2.75, 3.05) is 13.7 Å². The molecule has 0 heterocycles. The second-order valence-electron chi connectivity index (χ2n) is 5.76. The Balaban J connectivity index is 1.66. The Morgan fingerprint density at radius 2 is 1.68 bits per heavy atom. The molecule has 0 spiro atoms. The van der Waals surface area contributed by atoms with Gasteiger partial charge in [-0.2, -0.15) is 0 Å². The predicted octanol–water partition coefficient (Wildman–Crippen LogP) is 4.70. The van der Waals surface area contributed by atoms with Gasteiger partial charge in [-0.05, 0) is 60.2 Å². The zero-order valence-corrected chi connectivity index (χ0v) is 15.2. The van der Waals surface area contributed by atoms with Gasteiger partial charge in [-0.25, -0.2) is 4.79 Å². The second-order valence-corrected chi connectivity index (χ2v) is 5.76. The summed E-state index contributed by atoms with van der Waals surface area (Å²) in [7, 11) is 1.50. The van der Waals surface area contributed by atoms with Crippen molar-refractivity contribution in [3.63, 3.8) is 0 Å². The highest BCUT2D eigenvalue weighted by Gasteiger charge is 2.07. The van der Waals surface area contributed by atoms with E-state index in [4.69, 9.17) is 19.3 Å². The molecule has 3 aromatic carbocycles. The van der Waals surface area contributed by atoms with E-state index in [2.05, 4.69) is 4.99 Å². The number of carboxylic acids is 1. The van der Waals surface area contributed by atoms with Crippen LogP contribution in [-0.2, 0) is 4.79 Å². The molecule has 0 aliphatic heterocycles. The van der Waals surface area contributed by atoms with Crippen molar-refractivity contribution in [1.82, 2.24) is 0 Å². The quantitative estimate of drug-likeness (QED) is 0.576. The van der Waals surface area contributed by atoms with Gasteiger partial charge in [0.05, 0.1) is 12.8 Å². The van der Waals surface area contributed by atoms with Gasteiger partial charge in [0, 0.05) is 6.21 Å². The van der Waals surface area contributed by atoms with E-state index < -0.39 is 12.6 Å². The molecule has 6 heteroatoms. The largest absolute Gasteiger partial charge is 0.493 e. The van der Waals surface area contributed by atoms with E-state index >= 15 is 0 Å². The molecule has 0 bridgehead atoms. The maximum Gasteiger partial charge on any atom is 0.341 e. The summed E-state index contributed by atoms with van der Waals surface area (Å²) in [6, 6.07) is 22.1. The summed E-state index contributed by atoms with van der Waals surface area (Å²) >= 11 is 0. The van der Waals surface area contributed by atoms with Crippen LogP contribution in [0.4, 0.5) is 5.69 Å². The van der Waals surface area contributed by atoms with Gasteiger partial charge in [0.2, 0.25) is 0 Å². The van der Waals surface area contributed by atoms with Crippen LogP contribution in [0.3, 0.4) is 0 Å². The molecule has 142 valence electrons. The Bertz CT molecular complexity index is 952. The molecule has 0 unspecified atom stereocenters. The van der Waals surface area contributed by atoms with Crippen molar-refractivity contribution >= 4 is 17.9 Å². The number of ether oxygens (including phenoxy) is 3. The molecule has 0 radical (unpaired) electrons.